The van der Waals surface area contributed by atoms with Gasteiger partial charge in [-0.2, -0.15) is 0 Å². The lowest BCUT2D eigenvalue weighted by molar-refractivity contribution is -0.126. The fraction of sp³-hybridized carbons (Fsp3) is 0.368. The maximum absolute atomic E-state index is 14.0. The van der Waals surface area contributed by atoms with Crippen molar-refractivity contribution in [2.75, 3.05) is 13.1 Å². The predicted molar refractivity (Wildman–Crippen MR) is 95.5 cm³/mol. The van der Waals surface area contributed by atoms with E-state index in [0.717, 1.165) is 24.9 Å². The van der Waals surface area contributed by atoms with E-state index in [1.54, 1.807) is 24.5 Å². The highest BCUT2D eigenvalue weighted by Gasteiger charge is 2.26. The minimum Gasteiger partial charge on any atom is -0.352 e. The number of amides is 1. The number of benzene rings is 1. The monoisotopic (exact) mass is 361 g/mol. The zero-order chi connectivity index (χ0) is 17.6. The number of piperidine rings is 1. The summed E-state index contributed by atoms with van der Waals surface area (Å²) >= 11 is 6.11. The Morgan fingerprint density at radius 3 is 2.88 bits per heavy atom. The number of likely N-dealkylation sites (tertiary alicyclic amines) is 1. The number of hydrogen-bond acceptors (Lipinski definition) is 3. The Labute approximate surface area is 152 Å². The molecule has 2 aromatic rings. The van der Waals surface area contributed by atoms with Gasteiger partial charge in [0.25, 0.3) is 0 Å². The van der Waals surface area contributed by atoms with Crippen LogP contribution in [0.2, 0.25) is 5.02 Å². The molecule has 1 N–H and O–H groups in total. The van der Waals surface area contributed by atoms with Crippen molar-refractivity contribution in [1.29, 1.82) is 0 Å². The first-order chi connectivity index (χ1) is 12.1. The predicted octanol–water partition coefficient (Wildman–Crippen LogP) is 3.40. The fourth-order valence-corrected chi connectivity index (χ4v) is 3.38. The van der Waals surface area contributed by atoms with E-state index in [9.17, 15) is 9.18 Å². The summed E-state index contributed by atoms with van der Waals surface area (Å²) in [5, 5.41) is 3.42. The Hall–Kier alpha value is -1.98. The van der Waals surface area contributed by atoms with Crippen LogP contribution in [0.4, 0.5) is 4.39 Å². The van der Waals surface area contributed by atoms with Gasteiger partial charge in [0.2, 0.25) is 5.91 Å². The molecule has 1 aliphatic rings. The number of rotatable bonds is 5. The maximum Gasteiger partial charge on any atom is 0.224 e. The zero-order valence-electron chi connectivity index (χ0n) is 13.9. The molecule has 0 spiro atoms. The van der Waals surface area contributed by atoms with Crippen molar-refractivity contribution in [2.24, 2.45) is 5.92 Å². The van der Waals surface area contributed by atoms with Gasteiger partial charge in [-0.1, -0.05) is 17.7 Å². The Balaban J connectivity index is 1.56. The molecule has 1 aromatic carbocycles. The van der Waals surface area contributed by atoms with Crippen molar-refractivity contribution >= 4 is 17.5 Å². The molecule has 132 valence electrons. The van der Waals surface area contributed by atoms with Crippen LogP contribution in [0.15, 0.2) is 42.7 Å². The molecule has 2 heterocycles. The molecule has 3 rings (SSSR count). The molecule has 0 saturated carbocycles. The third-order valence-corrected chi connectivity index (χ3v) is 4.89. The molecule has 1 fully saturated rings. The van der Waals surface area contributed by atoms with Crippen LogP contribution in [0.25, 0.3) is 0 Å². The maximum atomic E-state index is 14.0. The summed E-state index contributed by atoms with van der Waals surface area (Å²) in [6, 6.07) is 8.49. The van der Waals surface area contributed by atoms with Gasteiger partial charge in [-0.15, -0.1) is 0 Å². The molecule has 1 unspecified atom stereocenters. The standard InChI is InChI=1S/C19H21ClFN3O/c20-17-4-1-5-18(21)16(17)13-24-10-2-3-15(12-24)19(25)23-11-14-6-8-22-9-7-14/h1,4-9,15H,2-3,10-13H2,(H,23,25). The molecule has 6 heteroatoms. The molecule has 25 heavy (non-hydrogen) atoms. The summed E-state index contributed by atoms with van der Waals surface area (Å²) in [7, 11) is 0. The number of carbonyl (C=O) groups excluding carboxylic acids is 1. The summed E-state index contributed by atoms with van der Waals surface area (Å²) in [5.74, 6) is -0.334. The first-order valence-electron chi connectivity index (χ1n) is 8.45. The van der Waals surface area contributed by atoms with Crippen LogP contribution in [0.5, 0.6) is 0 Å². The molecule has 1 atom stereocenters. The van der Waals surface area contributed by atoms with Crippen molar-refractivity contribution in [1.82, 2.24) is 15.2 Å². The smallest absolute Gasteiger partial charge is 0.224 e. The molecule has 1 saturated heterocycles. The number of hydrogen-bond donors (Lipinski definition) is 1. The molecular formula is C19H21ClFN3O. The van der Waals surface area contributed by atoms with E-state index < -0.39 is 0 Å². The molecule has 0 radical (unpaired) electrons. The largest absolute Gasteiger partial charge is 0.352 e. The highest BCUT2D eigenvalue weighted by Crippen LogP contribution is 2.24. The number of nitrogens with zero attached hydrogens (tertiary/aromatic N) is 2. The lowest BCUT2D eigenvalue weighted by Gasteiger charge is -2.32. The molecule has 4 nitrogen and oxygen atoms in total. The average Bonchev–Trinajstić information content (AvgIpc) is 2.64. The van der Waals surface area contributed by atoms with Crippen LogP contribution in [-0.2, 0) is 17.9 Å². The Kier molecular flexibility index (Phi) is 6.00. The molecule has 1 amide bonds. The van der Waals surface area contributed by atoms with Gasteiger partial charge in [0.1, 0.15) is 5.82 Å². The van der Waals surface area contributed by atoms with Crippen molar-refractivity contribution in [3.8, 4) is 0 Å². The number of halogens is 2. The highest BCUT2D eigenvalue weighted by atomic mass is 35.5. The number of pyridine rings is 1. The van der Waals surface area contributed by atoms with E-state index >= 15 is 0 Å². The molecule has 0 aliphatic carbocycles. The summed E-state index contributed by atoms with van der Waals surface area (Å²) in [6.07, 6.45) is 5.19. The molecule has 1 aromatic heterocycles. The number of carbonyl (C=O) groups is 1. The quantitative estimate of drug-likeness (QED) is 0.887. The van der Waals surface area contributed by atoms with E-state index in [2.05, 4.69) is 15.2 Å². The van der Waals surface area contributed by atoms with Crippen LogP contribution in [0.1, 0.15) is 24.0 Å². The second-order valence-corrected chi connectivity index (χ2v) is 6.75. The second-order valence-electron chi connectivity index (χ2n) is 6.35. The lowest BCUT2D eigenvalue weighted by Crippen LogP contribution is -2.42. The summed E-state index contributed by atoms with van der Waals surface area (Å²) in [5.41, 5.74) is 1.52. The van der Waals surface area contributed by atoms with Gasteiger partial charge in [0.15, 0.2) is 0 Å². The van der Waals surface area contributed by atoms with Crippen molar-refractivity contribution in [2.45, 2.75) is 25.9 Å². The van der Waals surface area contributed by atoms with Crippen LogP contribution in [0, 0.1) is 11.7 Å². The van der Waals surface area contributed by atoms with Crippen LogP contribution in [-0.4, -0.2) is 28.9 Å². The molecule has 0 bridgehead atoms. The van der Waals surface area contributed by atoms with E-state index in [-0.39, 0.29) is 17.6 Å². The lowest BCUT2D eigenvalue weighted by atomic mass is 9.96. The van der Waals surface area contributed by atoms with Crippen molar-refractivity contribution < 1.29 is 9.18 Å². The normalized spacial score (nSPS) is 18.1. The van der Waals surface area contributed by atoms with Gasteiger partial charge in [-0.3, -0.25) is 14.7 Å². The van der Waals surface area contributed by atoms with Gasteiger partial charge in [0, 0.05) is 42.6 Å². The Bertz CT molecular complexity index is 706. The van der Waals surface area contributed by atoms with E-state index in [1.165, 1.54) is 6.07 Å². The van der Waals surface area contributed by atoms with Gasteiger partial charge in [0.05, 0.1) is 5.92 Å². The van der Waals surface area contributed by atoms with Gasteiger partial charge >= 0.3 is 0 Å². The third-order valence-electron chi connectivity index (χ3n) is 4.54. The number of aromatic nitrogens is 1. The Morgan fingerprint density at radius 2 is 2.12 bits per heavy atom. The minimum atomic E-state index is -0.295. The van der Waals surface area contributed by atoms with Gasteiger partial charge in [-0.25, -0.2) is 4.39 Å². The SMILES string of the molecule is O=C(NCc1ccncc1)C1CCCN(Cc2c(F)cccc2Cl)C1. The summed E-state index contributed by atoms with van der Waals surface area (Å²) in [6.45, 7) is 2.39. The van der Waals surface area contributed by atoms with Crippen LogP contribution < -0.4 is 5.32 Å². The Morgan fingerprint density at radius 1 is 1.32 bits per heavy atom. The van der Waals surface area contributed by atoms with Gasteiger partial charge in [-0.05, 0) is 49.2 Å². The zero-order valence-corrected chi connectivity index (χ0v) is 14.7. The first kappa shape index (κ1) is 17.8. The topological polar surface area (TPSA) is 45.2 Å². The number of nitrogens with one attached hydrogen (secondary N) is 1. The highest BCUT2D eigenvalue weighted by molar-refractivity contribution is 6.31. The summed E-state index contributed by atoms with van der Waals surface area (Å²) < 4.78 is 14.0. The molecule has 1 aliphatic heterocycles. The van der Waals surface area contributed by atoms with Crippen LogP contribution >= 0.6 is 11.6 Å². The second kappa shape index (κ2) is 8.41. The van der Waals surface area contributed by atoms with Crippen molar-refractivity contribution in [3.63, 3.8) is 0 Å². The minimum absolute atomic E-state index is 0.0427. The van der Waals surface area contributed by atoms with E-state index in [4.69, 9.17) is 11.6 Å². The fourth-order valence-electron chi connectivity index (χ4n) is 3.15. The van der Waals surface area contributed by atoms with E-state index in [0.29, 0.717) is 30.2 Å². The molecular weight excluding hydrogens is 341 g/mol. The summed E-state index contributed by atoms with van der Waals surface area (Å²) in [4.78, 5) is 18.5. The van der Waals surface area contributed by atoms with Gasteiger partial charge < -0.3 is 5.32 Å². The first-order valence-corrected chi connectivity index (χ1v) is 8.83. The van der Waals surface area contributed by atoms with E-state index in [1.807, 2.05) is 12.1 Å². The third kappa shape index (κ3) is 4.77. The van der Waals surface area contributed by atoms with Crippen molar-refractivity contribution in [3.05, 3.63) is 64.7 Å². The van der Waals surface area contributed by atoms with Crippen LogP contribution in [0.3, 0.4) is 0 Å². The average molecular weight is 362 g/mol.